The van der Waals surface area contributed by atoms with E-state index in [4.69, 9.17) is 18.9 Å². The lowest BCUT2D eigenvalue weighted by Gasteiger charge is -2.28. The van der Waals surface area contributed by atoms with Gasteiger partial charge in [-0.1, -0.05) is 42.5 Å². The molecule has 0 saturated carbocycles. The molecule has 3 aromatic rings. The Hall–Kier alpha value is -3.22. The van der Waals surface area contributed by atoms with Gasteiger partial charge in [0.25, 0.3) is 0 Å². The zero-order valence-corrected chi connectivity index (χ0v) is 16.5. The summed E-state index contributed by atoms with van der Waals surface area (Å²) in [5.74, 6) is -0.447. The molecule has 1 aliphatic rings. The number of rotatable bonds is 6. The van der Waals surface area contributed by atoms with E-state index in [-0.39, 0.29) is 13.2 Å². The van der Waals surface area contributed by atoms with Gasteiger partial charge >= 0.3 is 5.97 Å². The van der Waals surface area contributed by atoms with Gasteiger partial charge in [-0.15, -0.1) is 0 Å². The Bertz CT molecular complexity index is 1020. The number of fused-ring (bicyclic) bond motifs is 1. The fraction of sp³-hybridized carbons (Fsp3) is 0.208. The predicted molar refractivity (Wildman–Crippen MR) is 107 cm³/mol. The van der Waals surface area contributed by atoms with E-state index in [0.29, 0.717) is 29.0 Å². The van der Waals surface area contributed by atoms with Crippen molar-refractivity contribution in [1.82, 2.24) is 0 Å². The molecule has 30 heavy (non-hydrogen) atoms. The minimum atomic E-state index is -0.605. The molecule has 4 rings (SSSR count). The van der Waals surface area contributed by atoms with E-state index in [1.807, 2.05) is 30.3 Å². The number of benzene rings is 3. The number of esters is 1. The van der Waals surface area contributed by atoms with Crippen LogP contribution in [0.2, 0.25) is 0 Å². The maximum Gasteiger partial charge on any atom is 0.338 e. The normalized spacial score (nSPS) is 15.2. The first-order chi connectivity index (χ1) is 14.6. The fourth-order valence-electron chi connectivity index (χ4n) is 3.29. The molecule has 1 atom stereocenters. The van der Waals surface area contributed by atoms with Crippen molar-refractivity contribution < 1.29 is 28.1 Å². The summed E-state index contributed by atoms with van der Waals surface area (Å²) in [4.78, 5) is 12.4. The van der Waals surface area contributed by atoms with E-state index in [2.05, 4.69) is 0 Å². The monoisotopic (exact) mass is 408 g/mol. The van der Waals surface area contributed by atoms with Crippen LogP contribution in [0.25, 0.3) is 0 Å². The van der Waals surface area contributed by atoms with Crippen LogP contribution in [0.1, 0.15) is 38.9 Å². The van der Waals surface area contributed by atoms with Gasteiger partial charge < -0.3 is 18.9 Å². The average Bonchev–Trinajstić information content (AvgIpc) is 2.78. The van der Waals surface area contributed by atoms with E-state index in [1.165, 1.54) is 12.1 Å². The van der Waals surface area contributed by atoms with Crippen LogP contribution in [0, 0.1) is 5.82 Å². The van der Waals surface area contributed by atoms with Gasteiger partial charge in [-0.25, -0.2) is 9.18 Å². The molecule has 0 radical (unpaired) electrons. The summed E-state index contributed by atoms with van der Waals surface area (Å²) in [5, 5.41) is 0. The predicted octanol–water partition coefficient (Wildman–Crippen LogP) is 4.94. The van der Waals surface area contributed by atoms with Crippen LogP contribution in [0.5, 0.6) is 5.75 Å². The van der Waals surface area contributed by atoms with Crippen LogP contribution in [0.4, 0.5) is 4.39 Å². The fourth-order valence-corrected chi connectivity index (χ4v) is 3.29. The lowest BCUT2D eigenvalue weighted by Crippen LogP contribution is -2.20. The molecular weight excluding hydrogens is 387 g/mol. The second-order valence-electron chi connectivity index (χ2n) is 6.93. The number of carbonyl (C=O) groups is 1. The topological polar surface area (TPSA) is 54.0 Å². The minimum Gasteiger partial charge on any atom is -0.460 e. The summed E-state index contributed by atoms with van der Waals surface area (Å²) < 4.78 is 36.3. The number of carbonyl (C=O) groups excluding carboxylic acids is 1. The highest BCUT2D eigenvalue weighted by molar-refractivity contribution is 5.89. The molecule has 0 aliphatic carbocycles. The van der Waals surface area contributed by atoms with E-state index < -0.39 is 18.1 Å². The van der Waals surface area contributed by atoms with Crippen LogP contribution in [0.3, 0.4) is 0 Å². The van der Waals surface area contributed by atoms with Gasteiger partial charge in [0.1, 0.15) is 18.2 Å². The van der Waals surface area contributed by atoms with Gasteiger partial charge in [-0.2, -0.15) is 0 Å². The van der Waals surface area contributed by atoms with Gasteiger partial charge in [0.2, 0.25) is 6.29 Å². The molecule has 1 heterocycles. The molecule has 0 bridgehead atoms. The highest BCUT2D eigenvalue weighted by atomic mass is 19.1. The molecule has 5 nitrogen and oxygen atoms in total. The molecule has 0 unspecified atom stereocenters. The molecule has 1 aliphatic heterocycles. The Kier molecular flexibility index (Phi) is 6.07. The molecule has 3 aromatic carbocycles. The summed E-state index contributed by atoms with van der Waals surface area (Å²) in [6, 6.07) is 19.1. The SMILES string of the molecule is COCc1ccc(C(=O)OCc2cc(F)cc3c2O[C@H](c2ccccc2)OC3)cc1. The Balaban J connectivity index is 1.49. The van der Waals surface area contributed by atoms with Crippen molar-refractivity contribution in [2.24, 2.45) is 0 Å². The summed E-state index contributed by atoms with van der Waals surface area (Å²) in [5.41, 5.74) is 3.25. The van der Waals surface area contributed by atoms with Crippen molar-refractivity contribution in [2.45, 2.75) is 26.1 Å². The first-order valence-corrected chi connectivity index (χ1v) is 9.53. The molecule has 0 saturated heterocycles. The van der Waals surface area contributed by atoms with Crippen LogP contribution < -0.4 is 4.74 Å². The molecular formula is C24H21FO5. The number of hydrogen-bond donors (Lipinski definition) is 0. The van der Waals surface area contributed by atoms with Crippen molar-refractivity contribution in [3.8, 4) is 5.75 Å². The second-order valence-corrected chi connectivity index (χ2v) is 6.93. The van der Waals surface area contributed by atoms with Gasteiger partial charge in [-0.3, -0.25) is 0 Å². The van der Waals surface area contributed by atoms with E-state index in [0.717, 1.165) is 11.1 Å². The number of ether oxygens (including phenoxy) is 4. The van der Waals surface area contributed by atoms with Gasteiger partial charge in [0.05, 0.1) is 18.8 Å². The van der Waals surface area contributed by atoms with Gasteiger partial charge in [0, 0.05) is 23.8 Å². The maximum atomic E-state index is 14.1. The molecule has 0 amide bonds. The van der Waals surface area contributed by atoms with Crippen LogP contribution in [0.15, 0.2) is 66.7 Å². The molecule has 154 valence electrons. The average molecular weight is 408 g/mol. The van der Waals surface area contributed by atoms with Crippen molar-refractivity contribution in [1.29, 1.82) is 0 Å². The quantitative estimate of drug-likeness (QED) is 0.541. The third-order valence-electron chi connectivity index (χ3n) is 4.75. The molecule has 6 heteroatoms. The van der Waals surface area contributed by atoms with Crippen LogP contribution in [-0.4, -0.2) is 13.1 Å². The summed E-state index contributed by atoms with van der Waals surface area (Å²) >= 11 is 0. The van der Waals surface area contributed by atoms with Crippen molar-refractivity contribution >= 4 is 5.97 Å². The van der Waals surface area contributed by atoms with Gasteiger partial charge in [0.15, 0.2) is 0 Å². The molecule has 0 N–H and O–H groups in total. The minimum absolute atomic E-state index is 0.111. The highest BCUT2D eigenvalue weighted by Gasteiger charge is 2.25. The first-order valence-electron chi connectivity index (χ1n) is 9.53. The van der Waals surface area contributed by atoms with Crippen molar-refractivity contribution in [2.75, 3.05) is 7.11 Å². The van der Waals surface area contributed by atoms with Crippen LogP contribution >= 0.6 is 0 Å². The van der Waals surface area contributed by atoms with E-state index >= 15 is 0 Å². The summed E-state index contributed by atoms with van der Waals surface area (Å²) in [6.07, 6.45) is -0.605. The Morgan fingerprint density at radius 1 is 1.07 bits per heavy atom. The Labute approximate surface area is 174 Å². The lowest BCUT2D eigenvalue weighted by atomic mass is 10.1. The van der Waals surface area contributed by atoms with Gasteiger partial charge in [-0.05, 0) is 29.8 Å². The lowest BCUT2D eigenvalue weighted by molar-refractivity contribution is -0.112. The largest absolute Gasteiger partial charge is 0.460 e. The zero-order valence-electron chi connectivity index (χ0n) is 16.5. The number of halogens is 1. The summed E-state index contributed by atoms with van der Waals surface area (Å²) in [6.45, 7) is 0.557. The smallest absolute Gasteiger partial charge is 0.338 e. The maximum absolute atomic E-state index is 14.1. The highest BCUT2D eigenvalue weighted by Crippen LogP contribution is 2.36. The van der Waals surface area contributed by atoms with Crippen molar-refractivity contribution in [3.63, 3.8) is 0 Å². The van der Waals surface area contributed by atoms with Crippen LogP contribution in [-0.2, 0) is 34.0 Å². The van der Waals surface area contributed by atoms with E-state index in [1.54, 1.807) is 31.4 Å². The Morgan fingerprint density at radius 3 is 2.57 bits per heavy atom. The number of hydrogen-bond acceptors (Lipinski definition) is 5. The second kappa shape index (κ2) is 9.07. The van der Waals surface area contributed by atoms with Crippen molar-refractivity contribution in [3.05, 3.63) is 100 Å². The van der Waals surface area contributed by atoms with E-state index in [9.17, 15) is 9.18 Å². The summed E-state index contributed by atoms with van der Waals surface area (Å²) in [7, 11) is 1.61. The molecule has 0 fully saturated rings. The zero-order chi connectivity index (χ0) is 20.9. The Morgan fingerprint density at radius 2 is 1.83 bits per heavy atom. The first kappa shape index (κ1) is 20.1. The molecule has 0 spiro atoms. The molecule has 0 aromatic heterocycles. The third-order valence-corrected chi connectivity index (χ3v) is 4.75. The standard InChI is InChI=1S/C24H21FO5/c1-27-13-16-7-9-17(10-8-16)23(26)28-14-19-11-21(25)12-20-15-29-24(30-22(19)20)18-5-3-2-4-6-18/h2-12,24H,13-15H2,1H3/t24-/m1/s1. The third kappa shape index (κ3) is 4.50. The number of methoxy groups -OCH3 is 1.